The van der Waals surface area contributed by atoms with E-state index in [-0.39, 0.29) is 6.42 Å². The lowest BCUT2D eigenvalue weighted by Gasteiger charge is -2.07. The first-order valence-electron chi connectivity index (χ1n) is 8.16. The average molecular weight is 244 g/mol. The summed E-state index contributed by atoms with van der Waals surface area (Å²) in [6, 6.07) is 12.1. The third-order valence-electron chi connectivity index (χ3n) is 3.09. The van der Waals surface area contributed by atoms with Gasteiger partial charge in [0.15, 0.2) is 6.20 Å². The zero-order valence-electron chi connectivity index (χ0n) is 15.2. The van der Waals surface area contributed by atoms with Gasteiger partial charge in [-0.3, -0.25) is 0 Å². The van der Waals surface area contributed by atoms with Crippen LogP contribution >= 0.6 is 0 Å². The Morgan fingerprint density at radius 3 is 2.72 bits per heavy atom. The molecule has 94 valence electrons. The summed E-state index contributed by atoms with van der Waals surface area (Å²) < 4.78 is 32.5. The molecule has 0 aliphatic carbocycles. The maximum Gasteiger partial charge on any atom is 0.212 e. The molecule has 0 saturated carbocycles. The van der Waals surface area contributed by atoms with Crippen molar-refractivity contribution in [3.63, 3.8) is 0 Å². The summed E-state index contributed by atoms with van der Waals surface area (Å²) in [5.74, 6) is -1.48. The average Bonchev–Trinajstić information content (AvgIpc) is 2.38. The molecule has 0 aliphatic rings. The molecule has 0 fully saturated rings. The highest BCUT2D eigenvalue weighted by Crippen LogP contribution is 2.20. The Balaban J connectivity index is 2.34. The van der Waals surface area contributed by atoms with Gasteiger partial charge in [0.25, 0.3) is 0 Å². The molecule has 0 radical (unpaired) electrons. The van der Waals surface area contributed by atoms with Crippen LogP contribution in [0.15, 0.2) is 42.6 Å². The van der Waals surface area contributed by atoms with E-state index in [2.05, 4.69) is 19.1 Å². The molecule has 0 saturated heterocycles. The highest BCUT2D eigenvalue weighted by molar-refractivity contribution is 5.60. The van der Waals surface area contributed by atoms with Crippen molar-refractivity contribution in [2.24, 2.45) is 12.9 Å². The minimum atomic E-state index is -2.29. The van der Waals surface area contributed by atoms with Crippen LogP contribution in [0.4, 0.5) is 0 Å². The summed E-state index contributed by atoms with van der Waals surface area (Å²) in [6.07, 6.45) is 2.12. The van der Waals surface area contributed by atoms with Gasteiger partial charge < -0.3 is 0 Å². The predicted molar refractivity (Wildman–Crippen MR) is 76.3 cm³/mol. The number of rotatable bonds is 3. The fourth-order valence-electron chi connectivity index (χ4n) is 2.22. The Hall–Kier alpha value is -1.63. The fourth-order valence-corrected chi connectivity index (χ4v) is 2.22. The van der Waals surface area contributed by atoms with Crippen molar-refractivity contribution in [2.75, 3.05) is 0 Å². The second-order valence-electron chi connectivity index (χ2n) is 4.81. The first-order valence-corrected chi connectivity index (χ1v) is 6.16. The van der Waals surface area contributed by atoms with E-state index >= 15 is 0 Å². The van der Waals surface area contributed by atoms with Gasteiger partial charge in [0.05, 0.1) is 0 Å². The van der Waals surface area contributed by atoms with E-state index in [1.165, 1.54) is 12.5 Å². The zero-order chi connectivity index (χ0) is 16.5. The van der Waals surface area contributed by atoms with Gasteiger partial charge in [-0.25, -0.2) is 4.57 Å². The normalized spacial score (nSPS) is 18.2. The van der Waals surface area contributed by atoms with Crippen LogP contribution in [0.5, 0.6) is 0 Å². The number of benzene rings is 1. The molecule has 1 nitrogen and oxygen atoms in total. The molecular formula is C17H22N+. The molecular weight excluding hydrogens is 218 g/mol. The molecule has 0 bridgehead atoms. The Morgan fingerprint density at radius 2 is 2.06 bits per heavy atom. The van der Waals surface area contributed by atoms with Crippen molar-refractivity contribution >= 4 is 0 Å². The standard InChI is InChI=1S/C17H22N/c1-13(2)11-15-9-10-17(18(4)12-15)16-8-6-5-7-14(16)3/h5-10,12-13H,11H2,1-4H3/q+1/i1D3,13D. The molecule has 0 amide bonds. The van der Waals surface area contributed by atoms with Crippen LogP contribution in [0.3, 0.4) is 0 Å². The van der Waals surface area contributed by atoms with Crippen LogP contribution in [0, 0.1) is 12.8 Å². The molecule has 2 aromatic rings. The number of aryl methyl sites for hydroxylation is 2. The lowest BCUT2D eigenvalue weighted by Crippen LogP contribution is -2.31. The SMILES string of the molecule is [2H]C([2H])([2H])C([2H])(C)Cc1ccc(-c2ccccc2C)[n+](C)c1. The van der Waals surface area contributed by atoms with Gasteiger partial charge in [-0.2, -0.15) is 0 Å². The molecule has 1 heteroatoms. The Morgan fingerprint density at radius 1 is 1.28 bits per heavy atom. The van der Waals surface area contributed by atoms with Gasteiger partial charge in [0, 0.05) is 22.7 Å². The first-order chi connectivity index (χ1) is 10.1. The minimum Gasteiger partial charge on any atom is -0.201 e. The van der Waals surface area contributed by atoms with Crippen LogP contribution < -0.4 is 4.57 Å². The quantitative estimate of drug-likeness (QED) is 0.725. The van der Waals surface area contributed by atoms with Crippen molar-refractivity contribution < 1.29 is 10.1 Å². The van der Waals surface area contributed by atoms with Gasteiger partial charge in [-0.05, 0) is 36.9 Å². The predicted octanol–water partition coefficient (Wildman–Crippen LogP) is 3.69. The van der Waals surface area contributed by atoms with Crippen LogP contribution in [-0.4, -0.2) is 0 Å². The van der Waals surface area contributed by atoms with Crippen LogP contribution in [0.1, 0.15) is 30.4 Å². The second kappa shape index (κ2) is 5.34. The zero-order valence-corrected chi connectivity index (χ0v) is 11.2. The Labute approximate surface area is 116 Å². The monoisotopic (exact) mass is 244 g/mol. The Kier molecular flexibility index (Phi) is 2.51. The molecule has 1 aromatic heterocycles. The van der Waals surface area contributed by atoms with Gasteiger partial charge in [-0.1, -0.05) is 32.0 Å². The highest BCUT2D eigenvalue weighted by atomic mass is 14.9. The van der Waals surface area contributed by atoms with Gasteiger partial charge in [0.2, 0.25) is 5.69 Å². The van der Waals surface area contributed by atoms with Crippen molar-refractivity contribution in [2.45, 2.75) is 27.1 Å². The van der Waals surface area contributed by atoms with Gasteiger partial charge >= 0.3 is 0 Å². The summed E-state index contributed by atoms with van der Waals surface area (Å²) in [5.41, 5.74) is 4.27. The molecule has 1 atom stereocenters. The van der Waals surface area contributed by atoms with Crippen molar-refractivity contribution in [3.05, 3.63) is 53.7 Å². The van der Waals surface area contributed by atoms with Crippen LogP contribution in [0.2, 0.25) is 0 Å². The molecule has 0 N–H and O–H groups in total. The highest BCUT2D eigenvalue weighted by Gasteiger charge is 2.12. The summed E-state index contributed by atoms with van der Waals surface area (Å²) in [6.45, 7) is 1.24. The summed E-state index contributed by atoms with van der Waals surface area (Å²) >= 11 is 0. The van der Waals surface area contributed by atoms with Crippen molar-refractivity contribution in [1.29, 1.82) is 0 Å². The summed E-state index contributed by atoms with van der Waals surface area (Å²) in [5, 5.41) is 0. The topological polar surface area (TPSA) is 3.88 Å². The summed E-state index contributed by atoms with van der Waals surface area (Å²) in [4.78, 5) is 0. The van der Waals surface area contributed by atoms with E-state index in [0.717, 1.165) is 16.8 Å². The van der Waals surface area contributed by atoms with E-state index in [9.17, 15) is 0 Å². The number of nitrogens with zero attached hydrogens (tertiary/aromatic N) is 1. The number of aromatic nitrogens is 1. The van der Waals surface area contributed by atoms with E-state index in [1.54, 1.807) is 0 Å². The second-order valence-corrected chi connectivity index (χ2v) is 4.81. The molecule has 1 aromatic carbocycles. The third kappa shape index (κ3) is 2.79. The van der Waals surface area contributed by atoms with Gasteiger partial charge in [0.1, 0.15) is 7.05 Å². The maximum absolute atomic E-state index is 8.07. The molecule has 0 spiro atoms. The molecule has 2 rings (SSSR count). The lowest BCUT2D eigenvalue weighted by molar-refractivity contribution is -0.660. The van der Waals surface area contributed by atoms with Crippen molar-refractivity contribution in [3.8, 4) is 11.3 Å². The maximum atomic E-state index is 8.07. The largest absolute Gasteiger partial charge is 0.212 e. The molecule has 0 aliphatic heterocycles. The van der Waals surface area contributed by atoms with Gasteiger partial charge in [-0.15, -0.1) is 0 Å². The number of hydrogen-bond donors (Lipinski definition) is 0. The number of pyridine rings is 1. The van der Waals surface area contributed by atoms with Crippen LogP contribution in [0.25, 0.3) is 11.3 Å². The molecule has 1 unspecified atom stereocenters. The minimum absolute atomic E-state index is 0.200. The smallest absolute Gasteiger partial charge is 0.201 e. The third-order valence-corrected chi connectivity index (χ3v) is 3.09. The molecule has 18 heavy (non-hydrogen) atoms. The van der Waals surface area contributed by atoms with Crippen LogP contribution in [-0.2, 0) is 13.5 Å². The molecule has 1 heterocycles. The van der Waals surface area contributed by atoms with E-state index in [4.69, 9.17) is 5.48 Å². The lowest BCUT2D eigenvalue weighted by atomic mass is 10.0. The first kappa shape index (κ1) is 8.47. The summed E-state index contributed by atoms with van der Waals surface area (Å²) in [7, 11) is 1.95. The van der Waals surface area contributed by atoms with E-state index < -0.39 is 12.7 Å². The number of hydrogen-bond acceptors (Lipinski definition) is 0. The van der Waals surface area contributed by atoms with E-state index in [1.807, 2.05) is 42.1 Å². The fraction of sp³-hybridized carbons (Fsp3) is 0.353. The Bertz CT molecular complexity index is 675. The van der Waals surface area contributed by atoms with Crippen molar-refractivity contribution in [1.82, 2.24) is 0 Å². The van der Waals surface area contributed by atoms with E-state index in [0.29, 0.717) is 0 Å².